The predicted octanol–water partition coefficient (Wildman–Crippen LogP) is 4.60. The van der Waals surface area contributed by atoms with Gasteiger partial charge in [0.2, 0.25) is 0 Å². The van der Waals surface area contributed by atoms with Gasteiger partial charge < -0.3 is 19.3 Å². The van der Waals surface area contributed by atoms with Crippen LogP contribution in [0.4, 0.5) is 0 Å². The Balaban J connectivity index is 1.58. The highest BCUT2D eigenvalue weighted by molar-refractivity contribution is 5.84. The molecule has 1 fully saturated rings. The summed E-state index contributed by atoms with van der Waals surface area (Å²) < 4.78 is 8.12. The van der Waals surface area contributed by atoms with Crippen LogP contribution in [0.2, 0.25) is 0 Å². The Morgan fingerprint density at radius 2 is 1.90 bits per heavy atom. The zero-order valence-electron chi connectivity index (χ0n) is 18.5. The lowest BCUT2D eigenvalue weighted by Gasteiger charge is -2.31. The van der Waals surface area contributed by atoms with E-state index in [1.165, 1.54) is 5.56 Å². The zero-order valence-corrected chi connectivity index (χ0v) is 18.5. The topological polar surface area (TPSA) is 67.6 Å². The van der Waals surface area contributed by atoms with Crippen molar-refractivity contribution in [3.8, 4) is 5.75 Å². The number of aromatic nitrogens is 2. The lowest BCUT2D eigenvalue weighted by atomic mass is 9.87. The van der Waals surface area contributed by atoms with E-state index in [2.05, 4.69) is 59.7 Å². The summed E-state index contributed by atoms with van der Waals surface area (Å²) in [6, 6.07) is 12.9. The molecule has 0 unspecified atom stereocenters. The SMILES string of the molecule is C[C@H]([C@@H](c1ccc2cc(OCC3(C(=O)O)CCCC3)ccc2c1)n1ccnc1)N(C)C. The number of rotatable bonds is 8. The number of aliphatic carboxylic acids is 1. The minimum absolute atomic E-state index is 0.149. The smallest absolute Gasteiger partial charge is 0.313 e. The molecule has 0 aliphatic heterocycles. The summed E-state index contributed by atoms with van der Waals surface area (Å²) in [5, 5.41) is 11.9. The summed E-state index contributed by atoms with van der Waals surface area (Å²) in [4.78, 5) is 18.2. The molecule has 3 aromatic rings. The van der Waals surface area contributed by atoms with E-state index < -0.39 is 11.4 Å². The van der Waals surface area contributed by atoms with E-state index in [0.717, 1.165) is 29.4 Å². The van der Waals surface area contributed by atoms with Gasteiger partial charge in [-0.3, -0.25) is 4.79 Å². The molecule has 164 valence electrons. The normalized spacial score (nSPS) is 17.7. The minimum Gasteiger partial charge on any atom is -0.492 e. The quantitative estimate of drug-likeness (QED) is 0.576. The highest BCUT2D eigenvalue weighted by Crippen LogP contribution is 2.39. The van der Waals surface area contributed by atoms with Gasteiger partial charge in [0, 0.05) is 18.4 Å². The molecule has 2 aromatic carbocycles. The fourth-order valence-electron chi connectivity index (χ4n) is 4.63. The number of hydrogen-bond donors (Lipinski definition) is 1. The largest absolute Gasteiger partial charge is 0.492 e. The first-order valence-corrected chi connectivity index (χ1v) is 10.9. The van der Waals surface area contributed by atoms with Gasteiger partial charge in [0.25, 0.3) is 0 Å². The Hall–Kier alpha value is -2.86. The number of carboxylic acids is 1. The predicted molar refractivity (Wildman–Crippen MR) is 121 cm³/mol. The molecule has 1 N–H and O–H groups in total. The highest BCUT2D eigenvalue weighted by atomic mass is 16.5. The van der Waals surface area contributed by atoms with Gasteiger partial charge >= 0.3 is 5.97 Å². The summed E-state index contributed by atoms with van der Waals surface area (Å²) in [6.07, 6.45) is 8.99. The Bertz CT molecular complexity index is 1040. The molecule has 31 heavy (non-hydrogen) atoms. The summed E-state index contributed by atoms with van der Waals surface area (Å²) in [6.45, 7) is 2.45. The van der Waals surface area contributed by atoms with Crippen molar-refractivity contribution < 1.29 is 14.6 Å². The summed E-state index contributed by atoms with van der Waals surface area (Å²) >= 11 is 0. The number of carbonyl (C=O) groups is 1. The number of fused-ring (bicyclic) bond motifs is 1. The molecule has 0 spiro atoms. The second-order valence-electron chi connectivity index (χ2n) is 9.01. The third kappa shape index (κ3) is 4.30. The maximum absolute atomic E-state index is 11.8. The number of benzene rings is 2. The molecular formula is C25H31N3O3. The first kappa shape index (κ1) is 21.4. The first-order valence-electron chi connectivity index (χ1n) is 10.9. The Labute approximate surface area is 183 Å². The molecule has 1 aromatic heterocycles. The number of ether oxygens (including phenoxy) is 1. The van der Waals surface area contributed by atoms with Gasteiger partial charge in [-0.05, 0) is 68.4 Å². The third-order valence-corrected chi connectivity index (χ3v) is 6.82. The van der Waals surface area contributed by atoms with Gasteiger partial charge in [-0.15, -0.1) is 0 Å². The van der Waals surface area contributed by atoms with Crippen molar-refractivity contribution in [2.45, 2.75) is 44.7 Å². The molecule has 0 amide bonds. The van der Waals surface area contributed by atoms with Crippen molar-refractivity contribution in [1.29, 1.82) is 0 Å². The van der Waals surface area contributed by atoms with Crippen LogP contribution in [-0.2, 0) is 4.79 Å². The molecule has 4 rings (SSSR count). The first-order chi connectivity index (χ1) is 14.9. The molecule has 1 aliphatic carbocycles. The monoisotopic (exact) mass is 421 g/mol. The number of nitrogens with zero attached hydrogens (tertiary/aromatic N) is 3. The van der Waals surface area contributed by atoms with Crippen LogP contribution < -0.4 is 4.74 Å². The Morgan fingerprint density at radius 1 is 1.19 bits per heavy atom. The number of hydrogen-bond acceptors (Lipinski definition) is 4. The van der Waals surface area contributed by atoms with Crippen LogP contribution in [0.15, 0.2) is 55.1 Å². The minimum atomic E-state index is -0.740. The van der Waals surface area contributed by atoms with E-state index in [-0.39, 0.29) is 18.7 Å². The molecule has 6 nitrogen and oxygen atoms in total. The maximum atomic E-state index is 11.8. The zero-order chi connectivity index (χ0) is 22.0. The number of carboxylic acid groups (broad SMARTS) is 1. The molecule has 1 heterocycles. The lowest BCUT2D eigenvalue weighted by Crippen LogP contribution is -2.34. The van der Waals surface area contributed by atoms with Crippen LogP contribution in [0.3, 0.4) is 0 Å². The van der Waals surface area contributed by atoms with Crippen LogP contribution in [-0.4, -0.2) is 52.3 Å². The second kappa shape index (κ2) is 8.71. The van der Waals surface area contributed by atoms with E-state index >= 15 is 0 Å². The molecule has 0 bridgehead atoms. The van der Waals surface area contributed by atoms with Gasteiger partial charge in [0.1, 0.15) is 17.8 Å². The second-order valence-corrected chi connectivity index (χ2v) is 9.01. The van der Waals surface area contributed by atoms with E-state index in [9.17, 15) is 9.90 Å². The lowest BCUT2D eigenvalue weighted by molar-refractivity contribution is -0.150. The number of likely N-dealkylation sites (N-methyl/N-ethyl adjacent to an activating group) is 1. The fourth-order valence-corrected chi connectivity index (χ4v) is 4.63. The average molecular weight is 422 g/mol. The van der Waals surface area contributed by atoms with Gasteiger partial charge in [-0.2, -0.15) is 0 Å². The van der Waals surface area contributed by atoms with E-state index in [0.29, 0.717) is 12.8 Å². The van der Waals surface area contributed by atoms with Crippen molar-refractivity contribution >= 4 is 16.7 Å². The van der Waals surface area contributed by atoms with E-state index in [1.807, 2.05) is 30.9 Å². The molecular weight excluding hydrogens is 390 g/mol. The summed E-state index contributed by atoms with van der Waals surface area (Å²) in [5.74, 6) is -0.0171. The molecule has 1 saturated carbocycles. The number of imidazole rings is 1. The van der Waals surface area contributed by atoms with Crippen LogP contribution in [0.1, 0.15) is 44.2 Å². The molecule has 0 saturated heterocycles. The van der Waals surface area contributed by atoms with Crippen molar-refractivity contribution in [1.82, 2.24) is 14.5 Å². The standard InChI is InChI=1S/C25H31N3O3/c1-18(27(2)3)23(28-13-12-26-17-28)21-7-6-20-15-22(9-8-19(20)14-21)31-16-25(24(29)30)10-4-5-11-25/h6-9,12-15,17-18,23H,4-5,10-11,16H2,1-3H3,(H,29,30)/t18-,23+/m1/s1. The van der Waals surface area contributed by atoms with Crippen LogP contribution >= 0.6 is 0 Å². The highest BCUT2D eigenvalue weighted by Gasteiger charge is 2.42. The van der Waals surface area contributed by atoms with E-state index in [1.54, 1.807) is 0 Å². The molecule has 0 radical (unpaired) electrons. The van der Waals surface area contributed by atoms with Crippen molar-refractivity contribution in [3.05, 3.63) is 60.7 Å². The molecule has 1 aliphatic rings. The van der Waals surface area contributed by atoms with Crippen LogP contribution in [0.5, 0.6) is 5.75 Å². The Kier molecular flexibility index (Phi) is 6.01. The summed E-state index contributed by atoms with van der Waals surface area (Å²) in [5.41, 5.74) is 0.482. The van der Waals surface area contributed by atoms with Gasteiger partial charge in [-0.1, -0.05) is 31.0 Å². The summed E-state index contributed by atoms with van der Waals surface area (Å²) in [7, 11) is 4.18. The van der Waals surface area contributed by atoms with Gasteiger partial charge in [-0.25, -0.2) is 4.98 Å². The van der Waals surface area contributed by atoms with Crippen LogP contribution in [0, 0.1) is 5.41 Å². The molecule has 6 heteroatoms. The van der Waals surface area contributed by atoms with E-state index in [4.69, 9.17) is 4.74 Å². The van der Waals surface area contributed by atoms with Crippen molar-refractivity contribution in [2.75, 3.05) is 20.7 Å². The van der Waals surface area contributed by atoms with Gasteiger partial charge in [0.15, 0.2) is 0 Å². The third-order valence-electron chi connectivity index (χ3n) is 6.82. The van der Waals surface area contributed by atoms with Crippen molar-refractivity contribution in [2.24, 2.45) is 5.41 Å². The van der Waals surface area contributed by atoms with Crippen molar-refractivity contribution in [3.63, 3.8) is 0 Å². The van der Waals surface area contributed by atoms with Gasteiger partial charge in [0.05, 0.1) is 12.4 Å². The van der Waals surface area contributed by atoms with Crippen LogP contribution in [0.25, 0.3) is 10.8 Å². The molecule has 2 atom stereocenters. The Morgan fingerprint density at radius 3 is 2.55 bits per heavy atom. The maximum Gasteiger partial charge on any atom is 0.313 e. The fraction of sp³-hybridized carbons (Fsp3) is 0.440. The average Bonchev–Trinajstić information content (AvgIpc) is 3.45.